The van der Waals surface area contributed by atoms with Crippen molar-refractivity contribution in [2.45, 2.75) is 43.5 Å². The number of aryl methyl sites for hydroxylation is 1. The number of rotatable bonds is 6. The molecule has 1 aliphatic carbocycles. The molecule has 0 saturated heterocycles. The van der Waals surface area contributed by atoms with E-state index in [0.717, 1.165) is 35.6 Å². The van der Waals surface area contributed by atoms with Gasteiger partial charge in [0.05, 0.1) is 4.90 Å². The van der Waals surface area contributed by atoms with Crippen molar-refractivity contribution in [3.8, 4) is 0 Å². The smallest absolute Gasteiger partial charge is 0.318 e. The number of carboxylic acid groups (broad SMARTS) is 1. The summed E-state index contributed by atoms with van der Waals surface area (Å²) in [6, 6.07) is 6.54. The fourth-order valence-electron chi connectivity index (χ4n) is 2.28. The van der Waals surface area contributed by atoms with Gasteiger partial charge in [0.25, 0.3) is 0 Å². The van der Waals surface area contributed by atoms with Crippen LogP contribution in [0.1, 0.15) is 31.7 Å². The highest BCUT2D eigenvalue weighted by Crippen LogP contribution is 2.30. The van der Waals surface area contributed by atoms with E-state index >= 15 is 0 Å². The van der Waals surface area contributed by atoms with Crippen molar-refractivity contribution in [1.29, 1.82) is 0 Å². The number of hydrogen-bond donors (Lipinski definition) is 1. The maximum absolute atomic E-state index is 12.6. The van der Waals surface area contributed by atoms with Crippen LogP contribution in [0.15, 0.2) is 29.2 Å². The summed E-state index contributed by atoms with van der Waals surface area (Å²) in [6.07, 6.45) is 3.16. The Labute approximate surface area is 119 Å². The zero-order valence-electron chi connectivity index (χ0n) is 11.4. The summed E-state index contributed by atoms with van der Waals surface area (Å²) in [5.41, 5.74) is 0.926. The number of hydrogen-bond acceptors (Lipinski definition) is 3. The molecule has 1 fully saturated rings. The van der Waals surface area contributed by atoms with E-state index in [1.54, 1.807) is 12.1 Å². The number of benzene rings is 1. The molecule has 0 heterocycles. The predicted molar refractivity (Wildman–Crippen MR) is 75.0 cm³/mol. The molecule has 20 heavy (non-hydrogen) atoms. The standard InChI is InChI=1S/C14H19NO4S/c1-2-11-5-3-8-13(9-11)20(18,19)15(10-14(16)17)12-6-4-7-12/h3,5,8-9,12H,2,4,6-7,10H2,1H3,(H,16,17). The van der Waals surface area contributed by atoms with E-state index in [1.807, 2.05) is 13.0 Å². The highest BCUT2D eigenvalue weighted by molar-refractivity contribution is 7.89. The van der Waals surface area contributed by atoms with Gasteiger partial charge in [-0.2, -0.15) is 4.31 Å². The van der Waals surface area contributed by atoms with Crippen molar-refractivity contribution in [2.75, 3.05) is 6.54 Å². The van der Waals surface area contributed by atoms with E-state index in [1.165, 1.54) is 6.07 Å². The second-order valence-corrected chi connectivity index (χ2v) is 6.92. The Bertz CT molecular complexity index is 593. The summed E-state index contributed by atoms with van der Waals surface area (Å²) >= 11 is 0. The molecular formula is C14H19NO4S. The lowest BCUT2D eigenvalue weighted by Gasteiger charge is -2.35. The normalized spacial score (nSPS) is 16.1. The summed E-state index contributed by atoms with van der Waals surface area (Å²) in [6.45, 7) is 1.48. The van der Waals surface area contributed by atoms with Gasteiger partial charge >= 0.3 is 5.97 Å². The Morgan fingerprint density at radius 3 is 2.60 bits per heavy atom. The van der Waals surface area contributed by atoms with Crippen LogP contribution < -0.4 is 0 Å². The van der Waals surface area contributed by atoms with Crippen molar-refractivity contribution < 1.29 is 18.3 Å². The average Bonchev–Trinajstić information content (AvgIpc) is 2.35. The number of sulfonamides is 1. The van der Waals surface area contributed by atoms with Crippen molar-refractivity contribution in [3.63, 3.8) is 0 Å². The number of carboxylic acids is 1. The van der Waals surface area contributed by atoms with Crippen LogP contribution in [0, 0.1) is 0 Å². The first-order chi connectivity index (χ1) is 9.45. The van der Waals surface area contributed by atoms with Crippen molar-refractivity contribution in [2.24, 2.45) is 0 Å². The van der Waals surface area contributed by atoms with Gasteiger partial charge in [-0.25, -0.2) is 8.42 Å². The lowest BCUT2D eigenvalue weighted by atomic mass is 9.93. The summed E-state index contributed by atoms with van der Waals surface area (Å²) in [5, 5.41) is 8.96. The van der Waals surface area contributed by atoms with Crippen LogP contribution in [0.4, 0.5) is 0 Å². The average molecular weight is 297 g/mol. The number of aliphatic carboxylic acids is 1. The summed E-state index contributed by atoms with van der Waals surface area (Å²) in [4.78, 5) is 11.1. The SMILES string of the molecule is CCc1cccc(S(=O)(=O)N(CC(=O)O)C2CCC2)c1. The van der Waals surface area contributed by atoms with E-state index in [2.05, 4.69) is 0 Å². The minimum Gasteiger partial charge on any atom is -0.480 e. The molecule has 0 atom stereocenters. The third-order valence-corrected chi connectivity index (χ3v) is 5.58. The Hall–Kier alpha value is -1.40. The van der Waals surface area contributed by atoms with Gasteiger partial charge in [0, 0.05) is 6.04 Å². The molecule has 110 valence electrons. The molecule has 1 saturated carbocycles. The first kappa shape index (κ1) is 15.0. The largest absolute Gasteiger partial charge is 0.480 e. The molecule has 6 heteroatoms. The van der Waals surface area contributed by atoms with Gasteiger partial charge in [-0.05, 0) is 37.0 Å². The van der Waals surface area contributed by atoms with Crippen molar-refractivity contribution in [1.82, 2.24) is 4.31 Å². The highest BCUT2D eigenvalue weighted by Gasteiger charge is 2.36. The zero-order valence-corrected chi connectivity index (χ0v) is 12.3. The van der Waals surface area contributed by atoms with E-state index in [0.29, 0.717) is 0 Å². The minimum absolute atomic E-state index is 0.179. The molecule has 0 aromatic heterocycles. The third kappa shape index (κ3) is 3.02. The quantitative estimate of drug-likeness (QED) is 0.870. The third-order valence-electron chi connectivity index (χ3n) is 3.69. The van der Waals surface area contributed by atoms with Gasteiger partial charge < -0.3 is 5.11 Å². The molecule has 0 spiro atoms. The summed E-state index contributed by atoms with van der Waals surface area (Å²) < 4.78 is 26.4. The predicted octanol–water partition coefficient (Wildman–Crippen LogP) is 1.88. The summed E-state index contributed by atoms with van der Waals surface area (Å²) in [7, 11) is -3.74. The van der Waals surface area contributed by atoms with Crippen LogP contribution >= 0.6 is 0 Å². The maximum Gasteiger partial charge on any atom is 0.318 e. The lowest BCUT2D eigenvalue weighted by molar-refractivity contribution is -0.137. The summed E-state index contributed by atoms with van der Waals surface area (Å²) in [5.74, 6) is -1.12. The number of nitrogens with zero attached hydrogens (tertiary/aromatic N) is 1. The van der Waals surface area contributed by atoms with Crippen molar-refractivity contribution in [3.05, 3.63) is 29.8 Å². The second kappa shape index (κ2) is 5.93. The van der Waals surface area contributed by atoms with Gasteiger partial charge in [-0.1, -0.05) is 25.5 Å². The van der Waals surface area contributed by atoms with Gasteiger partial charge in [0.2, 0.25) is 10.0 Å². The number of carbonyl (C=O) groups is 1. The molecule has 0 bridgehead atoms. The highest BCUT2D eigenvalue weighted by atomic mass is 32.2. The molecule has 1 aromatic carbocycles. The van der Waals surface area contributed by atoms with Crippen molar-refractivity contribution >= 4 is 16.0 Å². The lowest BCUT2D eigenvalue weighted by Crippen LogP contribution is -2.46. The molecule has 0 amide bonds. The van der Waals surface area contributed by atoms with Crippen LogP contribution in [0.2, 0.25) is 0 Å². The Kier molecular flexibility index (Phi) is 4.45. The molecule has 5 nitrogen and oxygen atoms in total. The monoisotopic (exact) mass is 297 g/mol. The van der Waals surface area contributed by atoms with Gasteiger partial charge in [0.1, 0.15) is 6.54 Å². The van der Waals surface area contributed by atoms with Crippen LogP contribution in [0.25, 0.3) is 0 Å². The van der Waals surface area contributed by atoms with Crippen LogP contribution in [-0.4, -0.2) is 36.4 Å². The molecule has 1 aromatic rings. The fourth-order valence-corrected chi connectivity index (χ4v) is 3.98. The molecule has 0 unspecified atom stereocenters. The van der Waals surface area contributed by atoms with E-state index < -0.39 is 22.5 Å². The first-order valence-electron chi connectivity index (χ1n) is 6.77. The molecular weight excluding hydrogens is 278 g/mol. The van der Waals surface area contributed by atoms with E-state index in [4.69, 9.17) is 5.11 Å². The Morgan fingerprint density at radius 2 is 2.10 bits per heavy atom. The van der Waals surface area contributed by atoms with Gasteiger partial charge in [0.15, 0.2) is 0 Å². The van der Waals surface area contributed by atoms with Crippen LogP contribution in [0.5, 0.6) is 0 Å². The molecule has 0 radical (unpaired) electrons. The molecule has 1 aliphatic rings. The van der Waals surface area contributed by atoms with Crippen LogP contribution in [0.3, 0.4) is 0 Å². The van der Waals surface area contributed by atoms with Gasteiger partial charge in [-0.15, -0.1) is 0 Å². The molecule has 0 aliphatic heterocycles. The maximum atomic E-state index is 12.6. The topological polar surface area (TPSA) is 74.7 Å². The van der Waals surface area contributed by atoms with E-state index in [-0.39, 0.29) is 10.9 Å². The van der Waals surface area contributed by atoms with Crippen LogP contribution in [-0.2, 0) is 21.2 Å². The Balaban J connectivity index is 2.35. The molecule has 2 rings (SSSR count). The fraction of sp³-hybridized carbons (Fsp3) is 0.500. The zero-order chi connectivity index (χ0) is 14.8. The Morgan fingerprint density at radius 1 is 1.40 bits per heavy atom. The second-order valence-electron chi connectivity index (χ2n) is 5.03. The minimum atomic E-state index is -3.74. The van der Waals surface area contributed by atoms with E-state index in [9.17, 15) is 13.2 Å². The molecule has 1 N–H and O–H groups in total. The first-order valence-corrected chi connectivity index (χ1v) is 8.21. The van der Waals surface area contributed by atoms with Gasteiger partial charge in [-0.3, -0.25) is 4.79 Å².